The van der Waals surface area contributed by atoms with Crippen molar-refractivity contribution in [2.45, 2.75) is 33.1 Å². The summed E-state index contributed by atoms with van der Waals surface area (Å²) >= 11 is 0. The number of anilines is 1. The van der Waals surface area contributed by atoms with Crippen LogP contribution in [0.3, 0.4) is 0 Å². The smallest absolute Gasteiger partial charge is 0.257 e. The van der Waals surface area contributed by atoms with Crippen LogP contribution in [0.5, 0.6) is 0 Å². The number of carbonyl (C=O) groups excluding carboxylic acids is 1. The first-order valence-electron chi connectivity index (χ1n) is 7.87. The highest BCUT2D eigenvalue weighted by atomic mass is 16.5. The standard InChI is InChI=1S/C18H19N5O2/c1-11-21-16(25-23-11)13-7-5-12(6-8-13)15(24)22-14-9-19-17(20-10-14)18(2,3)4/h5-10H,1-4H3,(H,22,24). The Morgan fingerprint density at radius 1 is 1.08 bits per heavy atom. The summed E-state index contributed by atoms with van der Waals surface area (Å²) in [6.07, 6.45) is 3.22. The van der Waals surface area contributed by atoms with E-state index in [9.17, 15) is 4.79 Å². The van der Waals surface area contributed by atoms with Crippen molar-refractivity contribution >= 4 is 11.6 Å². The molecule has 7 nitrogen and oxygen atoms in total. The van der Waals surface area contributed by atoms with Crippen LogP contribution in [-0.2, 0) is 5.41 Å². The molecule has 1 aromatic carbocycles. The first-order chi connectivity index (χ1) is 11.8. The molecule has 0 aliphatic rings. The van der Waals surface area contributed by atoms with Crippen molar-refractivity contribution < 1.29 is 9.32 Å². The quantitative estimate of drug-likeness (QED) is 0.787. The van der Waals surface area contributed by atoms with E-state index in [1.54, 1.807) is 43.6 Å². The van der Waals surface area contributed by atoms with E-state index in [2.05, 4.69) is 25.4 Å². The number of hydrogen-bond donors (Lipinski definition) is 1. The Hall–Kier alpha value is -3.09. The van der Waals surface area contributed by atoms with Gasteiger partial charge in [0.2, 0.25) is 0 Å². The number of aryl methyl sites for hydroxylation is 1. The van der Waals surface area contributed by atoms with Gasteiger partial charge >= 0.3 is 0 Å². The molecule has 25 heavy (non-hydrogen) atoms. The van der Waals surface area contributed by atoms with E-state index in [4.69, 9.17) is 4.52 Å². The van der Waals surface area contributed by atoms with Gasteiger partial charge in [0.15, 0.2) is 5.82 Å². The summed E-state index contributed by atoms with van der Waals surface area (Å²) in [6.45, 7) is 7.86. The summed E-state index contributed by atoms with van der Waals surface area (Å²) in [5.41, 5.74) is 1.69. The van der Waals surface area contributed by atoms with E-state index in [0.717, 1.165) is 11.4 Å². The molecular weight excluding hydrogens is 318 g/mol. The summed E-state index contributed by atoms with van der Waals surface area (Å²) in [4.78, 5) is 25.1. The maximum absolute atomic E-state index is 12.3. The number of aromatic nitrogens is 4. The maximum atomic E-state index is 12.3. The van der Waals surface area contributed by atoms with Crippen molar-refractivity contribution in [3.8, 4) is 11.5 Å². The van der Waals surface area contributed by atoms with Crippen molar-refractivity contribution in [3.63, 3.8) is 0 Å². The SMILES string of the molecule is Cc1noc(-c2ccc(C(=O)Nc3cnc(C(C)(C)C)nc3)cc2)n1. The Balaban J connectivity index is 1.71. The van der Waals surface area contributed by atoms with Crippen LogP contribution in [0.2, 0.25) is 0 Å². The number of benzene rings is 1. The molecule has 1 N–H and O–H groups in total. The fourth-order valence-electron chi connectivity index (χ4n) is 2.16. The van der Waals surface area contributed by atoms with E-state index in [1.807, 2.05) is 20.8 Å². The molecule has 7 heteroatoms. The van der Waals surface area contributed by atoms with Crippen LogP contribution in [0.25, 0.3) is 11.5 Å². The largest absolute Gasteiger partial charge is 0.334 e. The van der Waals surface area contributed by atoms with Gasteiger partial charge in [-0.25, -0.2) is 9.97 Å². The molecule has 0 unspecified atom stereocenters. The van der Waals surface area contributed by atoms with Crippen molar-refractivity contribution in [3.05, 3.63) is 53.9 Å². The fourth-order valence-corrected chi connectivity index (χ4v) is 2.16. The van der Waals surface area contributed by atoms with Gasteiger partial charge in [-0.05, 0) is 31.2 Å². The zero-order valence-corrected chi connectivity index (χ0v) is 14.6. The first kappa shape index (κ1) is 16.8. The average Bonchev–Trinajstić information content (AvgIpc) is 3.01. The Morgan fingerprint density at radius 2 is 1.72 bits per heavy atom. The molecule has 3 aromatic rings. The third-order valence-corrected chi connectivity index (χ3v) is 3.50. The molecule has 0 saturated heterocycles. The number of nitrogens with zero attached hydrogens (tertiary/aromatic N) is 4. The van der Waals surface area contributed by atoms with Crippen molar-refractivity contribution in [1.82, 2.24) is 20.1 Å². The van der Waals surface area contributed by atoms with Gasteiger partial charge in [0.25, 0.3) is 11.8 Å². The second kappa shape index (κ2) is 6.43. The monoisotopic (exact) mass is 337 g/mol. The molecule has 0 radical (unpaired) electrons. The van der Waals surface area contributed by atoms with Crippen LogP contribution >= 0.6 is 0 Å². The van der Waals surface area contributed by atoms with Gasteiger partial charge in [-0.3, -0.25) is 4.79 Å². The molecule has 0 spiro atoms. The minimum Gasteiger partial charge on any atom is -0.334 e. The number of rotatable bonds is 3. The normalized spacial score (nSPS) is 11.4. The number of hydrogen-bond acceptors (Lipinski definition) is 6. The summed E-state index contributed by atoms with van der Waals surface area (Å²) in [5.74, 6) is 1.48. The van der Waals surface area contributed by atoms with Crippen LogP contribution in [-0.4, -0.2) is 26.0 Å². The highest BCUT2D eigenvalue weighted by Crippen LogP contribution is 2.20. The minimum atomic E-state index is -0.236. The lowest BCUT2D eigenvalue weighted by atomic mass is 9.96. The number of carbonyl (C=O) groups is 1. The number of amides is 1. The van der Waals surface area contributed by atoms with Gasteiger partial charge < -0.3 is 9.84 Å². The maximum Gasteiger partial charge on any atom is 0.257 e. The molecule has 0 aliphatic carbocycles. The lowest BCUT2D eigenvalue weighted by molar-refractivity contribution is 0.102. The number of nitrogens with one attached hydrogen (secondary N) is 1. The average molecular weight is 337 g/mol. The predicted molar refractivity (Wildman–Crippen MR) is 93.2 cm³/mol. The van der Waals surface area contributed by atoms with Crippen LogP contribution in [0.4, 0.5) is 5.69 Å². The third-order valence-electron chi connectivity index (χ3n) is 3.50. The van der Waals surface area contributed by atoms with Crippen molar-refractivity contribution in [2.24, 2.45) is 0 Å². The molecule has 0 atom stereocenters. The molecule has 1 amide bonds. The van der Waals surface area contributed by atoms with Crippen LogP contribution in [0.15, 0.2) is 41.2 Å². The van der Waals surface area contributed by atoms with Gasteiger partial charge in [-0.15, -0.1) is 0 Å². The first-order valence-corrected chi connectivity index (χ1v) is 7.87. The molecule has 0 saturated carbocycles. The topological polar surface area (TPSA) is 93.8 Å². The molecule has 0 bridgehead atoms. The zero-order chi connectivity index (χ0) is 18.0. The van der Waals surface area contributed by atoms with E-state index in [-0.39, 0.29) is 11.3 Å². The van der Waals surface area contributed by atoms with E-state index >= 15 is 0 Å². The molecule has 128 valence electrons. The lowest BCUT2D eigenvalue weighted by Gasteiger charge is -2.16. The molecular formula is C18H19N5O2. The fraction of sp³-hybridized carbons (Fsp3) is 0.278. The van der Waals surface area contributed by atoms with E-state index in [1.165, 1.54) is 0 Å². The van der Waals surface area contributed by atoms with Gasteiger partial charge in [0, 0.05) is 16.5 Å². The predicted octanol–water partition coefficient (Wildman–Crippen LogP) is 3.38. The van der Waals surface area contributed by atoms with Crippen molar-refractivity contribution in [2.75, 3.05) is 5.32 Å². The highest BCUT2D eigenvalue weighted by Gasteiger charge is 2.17. The van der Waals surface area contributed by atoms with Crippen molar-refractivity contribution in [1.29, 1.82) is 0 Å². The van der Waals surface area contributed by atoms with Gasteiger partial charge in [-0.2, -0.15) is 4.98 Å². The Kier molecular flexibility index (Phi) is 4.31. The summed E-state index contributed by atoms with van der Waals surface area (Å²) in [7, 11) is 0. The van der Waals surface area contributed by atoms with Crippen LogP contribution < -0.4 is 5.32 Å². The lowest BCUT2D eigenvalue weighted by Crippen LogP contribution is -2.17. The zero-order valence-electron chi connectivity index (χ0n) is 14.6. The Bertz CT molecular complexity index is 877. The summed E-state index contributed by atoms with van der Waals surface area (Å²) in [5, 5.41) is 6.54. The summed E-state index contributed by atoms with van der Waals surface area (Å²) < 4.78 is 5.11. The second-order valence-electron chi connectivity index (χ2n) is 6.72. The van der Waals surface area contributed by atoms with Gasteiger partial charge in [0.05, 0.1) is 18.1 Å². The third kappa shape index (κ3) is 3.88. The van der Waals surface area contributed by atoms with Gasteiger partial charge in [-0.1, -0.05) is 25.9 Å². The highest BCUT2D eigenvalue weighted by molar-refractivity contribution is 6.04. The summed E-state index contributed by atoms with van der Waals surface area (Å²) in [6, 6.07) is 6.94. The molecule has 2 heterocycles. The minimum absolute atomic E-state index is 0.133. The Labute approximate surface area is 145 Å². The molecule has 0 fully saturated rings. The second-order valence-corrected chi connectivity index (χ2v) is 6.72. The molecule has 0 aliphatic heterocycles. The molecule has 2 aromatic heterocycles. The Morgan fingerprint density at radius 3 is 2.24 bits per heavy atom. The van der Waals surface area contributed by atoms with Crippen LogP contribution in [0.1, 0.15) is 42.8 Å². The molecule has 3 rings (SSSR count). The van der Waals surface area contributed by atoms with Crippen LogP contribution in [0, 0.1) is 6.92 Å². The van der Waals surface area contributed by atoms with Gasteiger partial charge in [0.1, 0.15) is 5.82 Å². The van der Waals surface area contributed by atoms with E-state index in [0.29, 0.717) is 23.0 Å². The van der Waals surface area contributed by atoms with E-state index < -0.39 is 0 Å².